The van der Waals surface area contributed by atoms with Crippen LogP contribution in [0, 0.1) is 5.92 Å². The summed E-state index contributed by atoms with van der Waals surface area (Å²) in [5.41, 5.74) is 4.62. The van der Waals surface area contributed by atoms with Crippen LogP contribution in [0.25, 0.3) is 11.0 Å². The summed E-state index contributed by atoms with van der Waals surface area (Å²) in [4.78, 5) is 31.2. The zero-order valence-electron chi connectivity index (χ0n) is 26.0. The van der Waals surface area contributed by atoms with Gasteiger partial charge in [-0.15, -0.1) is 0 Å². The number of fused-ring (bicyclic) bond motifs is 1. The maximum absolute atomic E-state index is 13.8. The van der Waals surface area contributed by atoms with Crippen molar-refractivity contribution >= 4 is 17.1 Å². The van der Waals surface area contributed by atoms with E-state index in [0.717, 1.165) is 43.5 Å². The molecule has 4 aromatic rings. The second kappa shape index (κ2) is 14.3. The van der Waals surface area contributed by atoms with Crippen molar-refractivity contribution in [2.75, 3.05) is 19.7 Å². The number of likely N-dealkylation sites (tertiary alicyclic amines) is 1. The summed E-state index contributed by atoms with van der Waals surface area (Å²) in [5.74, 6) is 0.580. The average Bonchev–Trinajstić information content (AvgIpc) is 3.35. The van der Waals surface area contributed by atoms with E-state index in [1.54, 1.807) is 0 Å². The molecule has 2 heterocycles. The van der Waals surface area contributed by atoms with E-state index in [2.05, 4.69) is 72.5 Å². The molecule has 0 N–H and O–H groups in total. The van der Waals surface area contributed by atoms with Crippen LogP contribution in [0.2, 0.25) is 0 Å². The second-order valence-electron chi connectivity index (χ2n) is 12.8. The Balaban J connectivity index is 1.07. The van der Waals surface area contributed by atoms with Gasteiger partial charge in [0.1, 0.15) is 6.61 Å². The van der Waals surface area contributed by atoms with Gasteiger partial charge in [0.2, 0.25) is 0 Å². The lowest BCUT2D eigenvalue weighted by Crippen LogP contribution is -2.43. The standard InChI is InChI=1S/C37H46N4O3/c1-29(39(25-30-13-5-2-6-14-30)26-31-15-7-3-8-16-31)28-44-37(43)38-23-21-33(22-24-38)41-35-20-12-11-19-34(35)40(36(41)42)27-32-17-9-4-10-18-32/h2-3,5-8,11-16,19-20,29,32-33H,4,9-10,17-18,21-28H2,1H3. The smallest absolute Gasteiger partial charge is 0.409 e. The summed E-state index contributed by atoms with van der Waals surface area (Å²) in [5, 5.41) is 0. The Kier molecular flexibility index (Phi) is 9.81. The van der Waals surface area contributed by atoms with Crippen molar-refractivity contribution in [3.63, 3.8) is 0 Å². The first kappa shape index (κ1) is 30.2. The van der Waals surface area contributed by atoms with Gasteiger partial charge in [0, 0.05) is 44.8 Å². The third-order valence-corrected chi connectivity index (χ3v) is 9.65. The van der Waals surface area contributed by atoms with Crippen molar-refractivity contribution < 1.29 is 9.53 Å². The molecule has 1 saturated carbocycles. The third-order valence-electron chi connectivity index (χ3n) is 9.65. The third kappa shape index (κ3) is 7.10. The SMILES string of the molecule is CC(COC(=O)N1CCC(n2c(=O)n(CC3CCCCC3)c3ccccc32)CC1)N(Cc1ccccc1)Cc1ccccc1. The number of para-hydroxylation sites is 2. The summed E-state index contributed by atoms with van der Waals surface area (Å²) >= 11 is 0. The van der Waals surface area contributed by atoms with Gasteiger partial charge in [0.15, 0.2) is 0 Å². The van der Waals surface area contributed by atoms with Crippen LogP contribution in [0.1, 0.15) is 69.0 Å². The van der Waals surface area contributed by atoms with E-state index in [4.69, 9.17) is 4.74 Å². The Morgan fingerprint density at radius 2 is 1.36 bits per heavy atom. The van der Waals surface area contributed by atoms with Gasteiger partial charge >= 0.3 is 11.8 Å². The van der Waals surface area contributed by atoms with Crippen LogP contribution < -0.4 is 5.69 Å². The number of ether oxygens (including phenoxy) is 1. The largest absolute Gasteiger partial charge is 0.448 e. The summed E-state index contributed by atoms with van der Waals surface area (Å²) in [6.45, 7) is 6.00. The predicted molar refractivity (Wildman–Crippen MR) is 176 cm³/mol. The highest BCUT2D eigenvalue weighted by atomic mass is 16.6. The molecule has 1 aliphatic heterocycles. The van der Waals surface area contributed by atoms with Gasteiger partial charge in [-0.2, -0.15) is 0 Å². The molecule has 7 nitrogen and oxygen atoms in total. The number of imidazole rings is 1. The molecule has 44 heavy (non-hydrogen) atoms. The van der Waals surface area contributed by atoms with Crippen LogP contribution in [0.5, 0.6) is 0 Å². The number of aromatic nitrogens is 2. The van der Waals surface area contributed by atoms with Crippen molar-refractivity contribution in [1.29, 1.82) is 0 Å². The van der Waals surface area contributed by atoms with Crippen LogP contribution >= 0.6 is 0 Å². The molecule has 1 aromatic heterocycles. The van der Waals surface area contributed by atoms with Crippen LogP contribution in [-0.2, 0) is 24.4 Å². The summed E-state index contributed by atoms with van der Waals surface area (Å²) in [6, 6.07) is 29.2. The van der Waals surface area contributed by atoms with Gasteiger partial charge < -0.3 is 9.64 Å². The Labute approximate surface area is 261 Å². The van der Waals surface area contributed by atoms with Gasteiger partial charge in [-0.1, -0.05) is 92.1 Å². The Morgan fingerprint density at radius 1 is 0.795 bits per heavy atom. The molecule has 3 aromatic carbocycles. The fraction of sp³-hybridized carbons (Fsp3) is 0.459. The van der Waals surface area contributed by atoms with Crippen molar-refractivity contribution in [1.82, 2.24) is 18.9 Å². The highest BCUT2D eigenvalue weighted by Gasteiger charge is 2.29. The molecule has 0 radical (unpaired) electrons. The number of carbonyl (C=O) groups excluding carboxylic acids is 1. The van der Waals surface area contributed by atoms with Crippen molar-refractivity contribution in [2.24, 2.45) is 5.92 Å². The molecule has 7 heteroatoms. The molecular formula is C37H46N4O3. The molecule has 6 rings (SSSR count). The van der Waals surface area contributed by atoms with Gasteiger partial charge in [0.25, 0.3) is 0 Å². The molecule has 1 amide bonds. The molecule has 0 bridgehead atoms. The topological polar surface area (TPSA) is 59.7 Å². The first-order valence-corrected chi connectivity index (χ1v) is 16.5. The van der Waals surface area contributed by atoms with E-state index >= 15 is 0 Å². The normalized spacial score (nSPS) is 17.3. The van der Waals surface area contributed by atoms with Gasteiger partial charge in [-0.3, -0.25) is 14.0 Å². The Hall–Kier alpha value is -3.84. The van der Waals surface area contributed by atoms with E-state index in [-0.39, 0.29) is 23.9 Å². The Bertz CT molecular complexity index is 1510. The second-order valence-corrected chi connectivity index (χ2v) is 12.8. The first-order valence-electron chi connectivity index (χ1n) is 16.5. The summed E-state index contributed by atoms with van der Waals surface area (Å²) in [7, 11) is 0. The van der Waals surface area contributed by atoms with Gasteiger partial charge in [0.05, 0.1) is 11.0 Å². The first-order chi connectivity index (χ1) is 21.6. The Morgan fingerprint density at radius 3 is 1.98 bits per heavy atom. The van der Waals surface area contributed by atoms with Crippen molar-refractivity contribution in [2.45, 2.75) is 83.6 Å². The lowest BCUT2D eigenvalue weighted by atomic mass is 9.89. The fourth-order valence-electron chi connectivity index (χ4n) is 7.09. The number of hydrogen-bond acceptors (Lipinski definition) is 4. The molecule has 1 saturated heterocycles. The highest BCUT2D eigenvalue weighted by Crippen LogP contribution is 2.29. The van der Waals surface area contributed by atoms with Crippen LogP contribution in [0.4, 0.5) is 4.79 Å². The minimum atomic E-state index is -0.262. The van der Waals surface area contributed by atoms with E-state index in [1.165, 1.54) is 43.2 Å². The van der Waals surface area contributed by atoms with E-state index in [1.807, 2.05) is 38.3 Å². The number of nitrogens with zero attached hydrogens (tertiary/aromatic N) is 4. The molecule has 2 fully saturated rings. The van der Waals surface area contributed by atoms with E-state index in [0.29, 0.717) is 25.6 Å². The molecule has 1 atom stereocenters. The number of hydrogen-bond donors (Lipinski definition) is 0. The molecular weight excluding hydrogens is 548 g/mol. The molecule has 232 valence electrons. The fourth-order valence-corrected chi connectivity index (χ4v) is 7.09. The van der Waals surface area contributed by atoms with E-state index in [9.17, 15) is 9.59 Å². The number of carbonyl (C=O) groups is 1. The maximum Gasteiger partial charge on any atom is 0.409 e. The van der Waals surface area contributed by atoms with Crippen LogP contribution in [0.3, 0.4) is 0 Å². The molecule has 1 aliphatic carbocycles. The lowest BCUT2D eigenvalue weighted by molar-refractivity contribution is 0.0567. The number of benzene rings is 3. The number of amides is 1. The maximum atomic E-state index is 13.8. The molecule has 1 unspecified atom stereocenters. The zero-order chi connectivity index (χ0) is 30.3. The summed E-state index contributed by atoms with van der Waals surface area (Å²) in [6.07, 6.45) is 7.50. The van der Waals surface area contributed by atoms with Crippen molar-refractivity contribution in [3.8, 4) is 0 Å². The predicted octanol–water partition coefficient (Wildman–Crippen LogP) is 7.25. The summed E-state index contributed by atoms with van der Waals surface area (Å²) < 4.78 is 9.92. The van der Waals surface area contributed by atoms with Crippen molar-refractivity contribution in [3.05, 3.63) is 107 Å². The quantitative estimate of drug-likeness (QED) is 0.194. The molecule has 0 spiro atoms. The van der Waals surface area contributed by atoms with Gasteiger partial charge in [-0.05, 0) is 61.8 Å². The van der Waals surface area contributed by atoms with Gasteiger partial charge in [-0.25, -0.2) is 9.59 Å². The van der Waals surface area contributed by atoms with Crippen LogP contribution in [-0.4, -0.2) is 50.8 Å². The minimum Gasteiger partial charge on any atom is -0.448 e. The lowest BCUT2D eigenvalue weighted by Gasteiger charge is -2.33. The van der Waals surface area contributed by atoms with Crippen LogP contribution in [0.15, 0.2) is 89.7 Å². The average molecular weight is 595 g/mol. The monoisotopic (exact) mass is 594 g/mol. The number of piperidine rings is 1. The highest BCUT2D eigenvalue weighted by molar-refractivity contribution is 5.76. The number of rotatable bonds is 10. The minimum absolute atomic E-state index is 0.0470. The van der Waals surface area contributed by atoms with E-state index < -0.39 is 0 Å². The zero-order valence-corrected chi connectivity index (χ0v) is 26.0. The molecule has 2 aliphatic rings.